The maximum Gasteiger partial charge on any atom is 0.0804 e. The Morgan fingerprint density at radius 3 is 2.82 bits per heavy atom. The topological polar surface area (TPSA) is 20.2 Å². The van der Waals surface area contributed by atoms with Crippen molar-refractivity contribution >= 4 is 27.3 Å². The molecule has 0 bridgehead atoms. The average Bonchev–Trinajstić information content (AvgIpc) is 2.78. The standard InChI is InChI=1S/C14H15BrOS/c1-10-4-6-12(13(15)9-10)14(16)7-5-11-3-2-8-17-11/h2-4,6,8-9,14,16H,5,7H2,1H3. The second kappa shape index (κ2) is 5.80. The highest BCUT2D eigenvalue weighted by atomic mass is 79.9. The lowest BCUT2D eigenvalue weighted by Gasteiger charge is -2.12. The molecule has 0 radical (unpaired) electrons. The Morgan fingerprint density at radius 2 is 2.18 bits per heavy atom. The minimum absolute atomic E-state index is 0.396. The number of benzene rings is 1. The molecule has 1 N–H and O–H groups in total. The highest BCUT2D eigenvalue weighted by Crippen LogP contribution is 2.28. The monoisotopic (exact) mass is 310 g/mol. The first-order valence-electron chi connectivity index (χ1n) is 5.63. The van der Waals surface area contributed by atoms with Crippen LogP contribution in [-0.2, 0) is 6.42 Å². The van der Waals surface area contributed by atoms with E-state index in [1.54, 1.807) is 11.3 Å². The summed E-state index contributed by atoms with van der Waals surface area (Å²) < 4.78 is 0.996. The predicted molar refractivity (Wildman–Crippen MR) is 76.5 cm³/mol. The Morgan fingerprint density at radius 1 is 1.35 bits per heavy atom. The highest BCUT2D eigenvalue weighted by Gasteiger charge is 2.11. The van der Waals surface area contributed by atoms with Crippen LogP contribution in [0.3, 0.4) is 0 Å². The molecule has 1 aromatic heterocycles. The van der Waals surface area contributed by atoms with E-state index in [4.69, 9.17) is 0 Å². The van der Waals surface area contributed by atoms with Crippen molar-refractivity contribution < 1.29 is 5.11 Å². The van der Waals surface area contributed by atoms with Crippen LogP contribution in [0.1, 0.15) is 28.5 Å². The van der Waals surface area contributed by atoms with Gasteiger partial charge in [-0.25, -0.2) is 0 Å². The molecule has 2 rings (SSSR count). The third-order valence-corrected chi connectivity index (χ3v) is 4.38. The van der Waals surface area contributed by atoms with Gasteiger partial charge in [-0.1, -0.05) is 34.1 Å². The van der Waals surface area contributed by atoms with Crippen molar-refractivity contribution in [3.63, 3.8) is 0 Å². The van der Waals surface area contributed by atoms with Gasteiger partial charge in [0, 0.05) is 9.35 Å². The molecule has 17 heavy (non-hydrogen) atoms. The molecule has 1 unspecified atom stereocenters. The molecule has 0 aliphatic carbocycles. The van der Waals surface area contributed by atoms with Gasteiger partial charge in [0.1, 0.15) is 0 Å². The van der Waals surface area contributed by atoms with Gasteiger partial charge in [-0.3, -0.25) is 0 Å². The normalized spacial score (nSPS) is 12.6. The molecule has 0 saturated heterocycles. The lowest BCUT2D eigenvalue weighted by molar-refractivity contribution is 0.167. The van der Waals surface area contributed by atoms with Crippen molar-refractivity contribution in [1.82, 2.24) is 0 Å². The lowest BCUT2D eigenvalue weighted by atomic mass is 10.0. The van der Waals surface area contributed by atoms with E-state index >= 15 is 0 Å². The number of aliphatic hydroxyl groups excluding tert-OH is 1. The van der Waals surface area contributed by atoms with E-state index < -0.39 is 6.10 Å². The van der Waals surface area contributed by atoms with Crippen LogP contribution in [0.4, 0.5) is 0 Å². The lowest BCUT2D eigenvalue weighted by Crippen LogP contribution is -2.00. The fourth-order valence-electron chi connectivity index (χ4n) is 1.79. The SMILES string of the molecule is Cc1ccc(C(O)CCc2cccs2)c(Br)c1. The van der Waals surface area contributed by atoms with E-state index in [1.165, 1.54) is 10.4 Å². The molecule has 0 aliphatic heterocycles. The van der Waals surface area contributed by atoms with Gasteiger partial charge in [0.15, 0.2) is 0 Å². The van der Waals surface area contributed by atoms with Gasteiger partial charge in [0.2, 0.25) is 0 Å². The molecular weight excluding hydrogens is 296 g/mol. The molecule has 0 amide bonds. The molecule has 0 saturated carbocycles. The Balaban J connectivity index is 2.01. The number of halogens is 1. The van der Waals surface area contributed by atoms with Crippen LogP contribution in [0, 0.1) is 6.92 Å². The van der Waals surface area contributed by atoms with E-state index in [1.807, 2.05) is 31.2 Å². The first-order valence-corrected chi connectivity index (χ1v) is 7.30. The fraction of sp³-hybridized carbons (Fsp3) is 0.286. The Hall–Kier alpha value is -0.640. The van der Waals surface area contributed by atoms with E-state index in [9.17, 15) is 5.11 Å². The third kappa shape index (κ3) is 3.41. The summed E-state index contributed by atoms with van der Waals surface area (Å²) in [5.41, 5.74) is 2.18. The summed E-state index contributed by atoms with van der Waals surface area (Å²) in [5.74, 6) is 0. The zero-order chi connectivity index (χ0) is 12.3. The van der Waals surface area contributed by atoms with E-state index in [-0.39, 0.29) is 0 Å². The average molecular weight is 311 g/mol. The van der Waals surface area contributed by atoms with Gasteiger partial charge in [0.05, 0.1) is 6.10 Å². The molecule has 2 aromatic rings. The smallest absolute Gasteiger partial charge is 0.0804 e. The van der Waals surface area contributed by atoms with Crippen molar-refractivity contribution in [3.05, 3.63) is 56.2 Å². The van der Waals surface area contributed by atoms with Crippen LogP contribution in [0.25, 0.3) is 0 Å². The quantitative estimate of drug-likeness (QED) is 0.882. The maximum absolute atomic E-state index is 10.2. The summed E-state index contributed by atoms with van der Waals surface area (Å²) in [6.45, 7) is 2.05. The molecule has 1 aromatic carbocycles. The second-order valence-electron chi connectivity index (χ2n) is 4.16. The summed E-state index contributed by atoms with van der Waals surface area (Å²) in [5, 5.41) is 12.2. The molecule has 90 valence electrons. The molecule has 1 atom stereocenters. The predicted octanol–water partition coefficient (Wildman–Crippen LogP) is 4.49. The number of aliphatic hydroxyl groups is 1. The van der Waals surface area contributed by atoms with Crippen molar-refractivity contribution in [2.75, 3.05) is 0 Å². The number of rotatable bonds is 4. The van der Waals surface area contributed by atoms with Crippen molar-refractivity contribution in [2.24, 2.45) is 0 Å². The molecule has 1 heterocycles. The Labute approximate surface area is 114 Å². The van der Waals surface area contributed by atoms with Gasteiger partial charge in [-0.15, -0.1) is 11.3 Å². The number of hydrogen-bond acceptors (Lipinski definition) is 2. The molecule has 1 nitrogen and oxygen atoms in total. The largest absolute Gasteiger partial charge is 0.388 e. The van der Waals surface area contributed by atoms with Crippen LogP contribution in [-0.4, -0.2) is 5.11 Å². The van der Waals surface area contributed by atoms with Crippen molar-refractivity contribution in [3.8, 4) is 0 Å². The molecule has 3 heteroatoms. The van der Waals surface area contributed by atoms with Crippen LogP contribution in [0.15, 0.2) is 40.2 Å². The molecular formula is C14H15BrOS. The first-order chi connectivity index (χ1) is 8.16. The Bertz CT molecular complexity index is 479. The van der Waals surface area contributed by atoms with E-state index in [0.717, 1.165) is 22.9 Å². The highest BCUT2D eigenvalue weighted by molar-refractivity contribution is 9.10. The van der Waals surface area contributed by atoms with Gasteiger partial charge in [-0.05, 0) is 48.4 Å². The third-order valence-electron chi connectivity index (χ3n) is 2.76. The first kappa shape index (κ1) is 12.8. The summed E-state index contributed by atoms with van der Waals surface area (Å²) in [7, 11) is 0. The van der Waals surface area contributed by atoms with Gasteiger partial charge in [0.25, 0.3) is 0 Å². The van der Waals surface area contributed by atoms with E-state index in [2.05, 4.69) is 27.4 Å². The van der Waals surface area contributed by atoms with E-state index in [0.29, 0.717) is 0 Å². The van der Waals surface area contributed by atoms with Crippen LogP contribution in [0.2, 0.25) is 0 Å². The zero-order valence-corrected chi connectivity index (χ0v) is 12.1. The number of thiophene rings is 1. The van der Waals surface area contributed by atoms with Crippen molar-refractivity contribution in [1.29, 1.82) is 0 Å². The van der Waals surface area contributed by atoms with Gasteiger partial charge >= 0.3 is 0 Å². The Kier molecular flexibility index (Phi) is 4.37. The van der Waals surface area contributed by atoms with Crippen LogP contribution >= 0.6 is 27.3 Å². The van der Waals surface area contributed by atoms with Crippen LogP contribution < -0.4 is 0 Å². The van der Waals surface area contributed by atoms with Gasteiger partial charge in [-0.2, -0.15) is 0 Å². The maximum atomic E-state index is 10.2. The van der Waals surface area contributed by atoms with Crippen LogP contribution in [0.5, 0.6) is 0 Å². The number of aryl methyl sites for hydroxylation is 2. The summed E-state index contributed by atoms with van der Waals surface area (Å²) in [6.07, 6.45) is 1.30. The molecule has 0 spiro atoms. The molecule has 0 aliphatic rings. The minimum atomic E-state index is -0.396. The minimum Gasteiger partial charge on any atom is -0.388 e. The summed E-state index contributed by atoms with van der Waals surface area (Å²) >= 11 is 5.25. The molecule has 0 fully saturated rings. The number of hydrogen-bond donors (Lipinski definition) is 1. The zero-order valence-electron chi connectivity index (χ0n) is 9.69. The fourth-order valence-corrected chi connectivity index (χ4v) is 3.27. The summed E-state index contributed by atoms with van der Waals surface area (Å²) in [4.78, 5) is 1.33. The summed E-state index contributed by atoms with van der Waals surface area (Å²) in [6, 6.07) is 10.2. The second-order valence-corrected chi connectivity index (χ2v) is 6.05. The van der Waals surface area contributed by atoms with Gasteiger partial charge < -0.3 is 5.11 Å². The van der Waals surface area contributed by atoms with Crippen molar-refractivity contribution in [2.45, 2.75) is 25.9 Å².